The summed E-state index contributed by atoms with van der Waals surface area (Å²) in [5.74, 6) is 0. The molecule has 2 aromatic heterocycles. The Morgan fingerprint density at radius 3 is 2.50 bits per heavy atom. The molecule has 0 spiro atoms. The van der Waals surface area contributed by atoms with Gasteiger partial charge in [0.15, 0.2) is 0 Å². The van der Waals surface area contributed by atoms with Crippen LogP contribution in [0.25, 0.3) is 22.2 Å². The lowest BCUT2D eigenvalue weighted by Crippen LogP contribution is -2.15. The van der Waals surface area contributed by atoms with Gasteiger partial charge in [-0.15, -0.1) is 0 Å². The van der Waals surface area contributed by atoms with Gasteiger partial charge in [-0.3, -0.25) is 4.68 Å². The van der Waals surface area contributed by atoms with Crippen LogP contribution in [-0.4, -0.2) is 14.8 Å². The summed E-state index contributed by atoms with van der Waals surface area (Å²) in [6, 6.07) is 22.7. The molecule has 5 heteroatoms. The maximum Gasteiger partial charge on any atom is 0.106 e. The number of nitrogens with two attached hydrogens (primary N) is 1. The van der Waals surface area contributed by atoms with E-state index < -0.39 is 0 Å². The minimum absolute atomic E-state index is 0.166. The standard InChI is InChI=1S/C23H23BrN4/c1-15(2)28-21-12-6-5-11-19(21)23(27-28)18-10-4-3-9-17(18)20(25)14-16-8-7-13-22(24)26-16/h3-13,15,20H,14,25H2,1-2H3. The van der Waals surface area contributed by atoms with E-state index in [4.69, 9.17) is 10.8 Å². The van der Waals surface area contributed by atoms with Crippen LogP contribution < -0.4 is 5.73 Å². The van der Waals surface area contributed by atoms with Crippen LogP contribution in [-0.2, 0) is 6.42 Å². The van der Waals surface area contributed by atoms with Crippen LogP contribution in [0, 0.1) is 0 Å². The smallest absolute Gasteiger partial charge is 0.106 e. The lowest BCUT2D eigenvalue weighted by molar-refractivity contribution is 0.552. The first-order chi connectivity index (χ1) is 13.5. The molecule has 0 fully saturated rings. The molecular formula is C23H23BrN4. The predicted octanol–water partition coefficient (Wildman–Crippen LogP) is 5.68. The highest BCUT2D eigenvalue weighted by atomic mass is 79.9. The molecule has 0 aliphatic rings. The van der Waals surface area contributed by atoms with Crippen LogP contribution in [0.5, 0.6) is 0 Å². The van der Waals surface area contributed by atoms with E-state index in [1.807, 2.05) is 30.3 Å². The van der Waals surface area contributed by atoms with Gasteiger partial charge in [-0.2, -0.15) is 5.10 Å². The van der Waals surface area contributed by atoms with E-state index in [2.05, 4.69) is 75.8 Å². The molecule has 1 unspecified atom stereocenters. The van der Waals surface area contributed by atoms with Gasteiger partial charge < -0.3 is 5.73 Å². The summed E-state index contributed by atoms with van der Waals surface area (Å²) in [7, 11) is 0. The van der Waals surface area contributed by atoms with Gasteiger partial charge in [0.25, 0.3) is 0 Å². The number of hydrogen-bond acceptors (Lipinski definition) is 3. The normalized spacial score (nSPS) is 12.6. The topological polar surface area (TPSA) is 56.7 Å². The Hall–Kier alpha value is -2.50. The highest BCUT2D eigenvalue weighted by Crippen LogP contribution is 2.34. The van der Waals surface area contributed by atoms with Gasteiger partial charge in [0.1, 0.15) is 10.3 Å². The Bertz CT molecular complexity index is 1120. The van der Waals surface area contributed by atoms with Crippen LogP contribution in [0.15, 0.2) is 71.3 Å². The van der Waals surface area contributed by atoms with Crippen molar-refractivity contribution in [2.24, 2.45) is 5.73 Å². The average Bonchev–Trinajstić information content (AvgIpc) is 3.08. The zero-order valence-corrected chi connectivity index (χ0v) is 17.6. The second kappa shape index (κ2) is 7.86. The van der Waals surface area contributed by atoms with Gasteiger partial charge in [-0.25, -0.2) is 4.98 Å². The molecule has 2 aromatic carbocycles. The van der Waals surface area contributed by atoms with Gasteiger partial charge in [0, 0.05) is 35.1 Å². The van der Waals surface area contributed by atoms with Crippen molar-refractivity contribution in [3.63, 3.8) is 0 Å². The first kappa shape index (κ1) is 18.8. The molecule has 4 rings (SSSR count). The lowest BCUT2D eigenvalue weighted by Gasteiger charge is -2.16. The van der Waals surface area contributed by atoms with Crippen molar-refractivity contribution < 1.29 is 0 Å². The number of rotatable bonds is 5. The maximum absolute atomic E-state index is 6.64. The minimum atomic E-state index is -0.166. The van der Waals surface area contributed by atoms with Crippen LogP contribution >= 0.6 is 15.9 Å². The van der Waals surface area contributed by atoms with E-state index in [1.165, 1.54) is 0 Å². The zero-order chi connectivity index (χ0) is 19.7. The Kier molecular flexibility index (Phi) is 5.29. The molecule has 0 bridgehead atoms. The largest absolute Gasteiger partial charge is 0.324 e. The summed E-state index contributed by atoms with van der Waals surface area (Å²) in [6.07, 6.45) is 0.666. The molecule has 142 valence electrons. The van der Waals surface area contributed by atoms with Crippen LogP contribution in [0.3, 0.4) is 0 Å². The van der Waals surface area contributed by atoms with E-state index in [-0.39, 0.29) is 12.1 Å². The number of nitrogens with zero attached hydrogens (tertiary/aromatic N) is 3. The summed E-state index contributed by atoms with van der Waals surface area (Å²) < 4.78 is 2.91. The number of benzene rings is 2. The molecule has 0 amide bonds. The molecule has 0 radical (unpaired) electrons. The molecular weight excluding hydrogens is 412 g/mol. The molecule has 0 saturated carbocycles. The van der Waals surface area contributed by atoms with Crippen molar-refractivity contribution in [2.45, 2.75) is 32.4 Å². The Morgan fingerprint density at radius 1 is 0.964 bits per heavy atom. The first-order valence-electron chi connectivity index (χ1n) is 9.48. The van der Waals surface area contributed by atoms with Gasteiger partial charge in [0.2, 0.25) is 0 Å². The summed E-state index contributed by atoms with van der Waals surface area (Å²) in [5, 5.41) is 6.11. The number of hydrogen-bond donors (Lipinski definition) is 1. The first-order valence-corrected chi connectivity index (χ1v) is 10.3. The van der Waals surface area contributed by atoms with E-state index in [1.54, 1.807) is 0 Å². The number of pyridine rings is 1. The number of halogens is 1. The Balaban J connectivity index is 1.79. The monoisotopic (exact) mass is 434 g/mol. The Morgan fingerprint density at radius 2 is 1.71 bits per heavy atom. The van der Waals surface area contributed by atoms with Crippen molar-refractivity contribution in [1.82, 2.24) is 14.8 Å². The fourth-order valence-electron chi connectivity index (χ4n) is 3.62. The highest BCUT2D eigenvalue weighted by Gasteiger charge is 2.19. The zero-order valence-electron chi connectivity index (χ0n) is 16.0. The molecule has 4 nitrogen and oxygen atoms in total. The van der Waals surface area contributed by atoms with Crippen molar-refractivity contribution in [3.8, 4) is 11.3 Å². The van der Waals surface area contributed by atoms with Crippen molar-refractivity contribution in [1.29, 1.82) is 0 Å². The fraction of sp³-hybridized carbons (Fsp3) is 0.217. The van der Waals surface area contributed by atoms with Crippen molar-refractivity contribution >= 4 is 26.8 Å². The number of fused-ring (bicyclic) bond motifs is 1. The molecule has 0 aliphatic heterocycles. The molecule has 0 saturated heterocycles. The van der Waals surface area contributed by atoms with Crippen LogP contribution in [0.4, 0.5) is 0 Å². The minimum Gasteiger partial charge on any atom is -0.324 e. The van der Waals surface area contributed by atoms with Crippen LogP contribution in [0.1, 0.15) is 37.2 Å². The van der Waals surface area contributed by atoms with E-state index in [0.717, 1.165) is 38.0 Å². The third kappa shape index (κ3) is 3.60. The number of para-hydroxylation sites is 1. The van der Waals surface area contributed by atoms with Crippen LogP contribution in [0.2, 0.25) is 0 Å². The second-order valence-corrected chi connectivity index (χ2v) is 8.07. The molecule has 4 aromatic rings. The van der Waals surface area contributed by atoms with E-state index >= 15 is 0 Å². The van der Waals surface area contributed by atoms with E-state index in [0.29, 0.717) is 6.42 Å². The van der Waals surface area contributed by atoms with Gasteiger partial charge in [-0.05, 0) is 53.5 Å². The maximum atomic E-state index is 6.64. The van der Waals surface area contributed by atoms with E-state index in [9.17, 15) is 0 Å². The molecule has 2 heterocycles. The molecule has 0 aliphatic carbocycles. The summed E-state index contributed by atoms with van der Waals surface area (Å²) in [5.41, 5.74) is 11.9. The van der Waals surface area contributed by atoms with Crippen molar-refractivity contribution in [2.75, 3.05) is 0 Å². The van der Waals surface area contributed by atoms with Gasteiger partial charge in [-0.1, -0.05) is 48.5 Å². The number of aromatic nitrogens is 3. The van der Waals surface area contributed by atoms with Crippen molar-refractivity contribution in [3.05, 3.63) is 82.6 Å². The molecule has 2 N–H and O–H groups in total. The summed E-state index contributed by atoms with van der Waals surface area (Å²) in [6.45, 7) is 4.31. The second-order valence-electron chi connectivity index (χ2n) is 7.25. The molecule has 1 atom stereocenters. The SMILES string of the molecule is CC(C)n1nc(-c2ccccc2C(N)Cc2cccc(Br)n2)c2ccccc21. The highest BCUT2D eigenvalue weighted by molar-refractivity contribution is 9.10. The predicted molar refractivity (Wildman–Crippen MR) is 118 cm³/mol. The molecule has 28 heavy (non-hydrogen) atoms. The summed E-state index contributed by atoms with van der Waals surface area (Å²) in [4.78, 5) is 4.54. The average molecular weight is 435 g/mol. The third-order valence-corrected chi connectivity index (χ3v) is 5.36. The quantitative estimate of drug-likeness (QED) is 0.410. The fourth-order valence-corrected chi connectivity index (χ4v) is 4.00. The third-order valence-electron chi connectivity index (χ3n) is 4.92. The Labute approximate surface area is 173 Å². The van der Waals surface area contributed by atoms with Gasteiger partial charge >= 0.3 is 0 Å². The van der Waals surface area contributed by atoms with Gasteiger partial charge in [0.05, 0.1) is 5.52 Å². The summed E-state index contributed by atoms with van der Waals surface area (Å²) >= 11 is 3.44. The lowest BCUT2D eigenvalue weighted by atomic mass is 9.94.